The van der Waals surface area contributed by atoms with E-state index in [-0.39, 0.29) is 17.5 Å². The van der Waals surface area contributed by atoms with Crippen molar-refractivity contribution < 1.29 is 8.42 Å². The molecule has 1 aliphatic rings. The maximum absolute atomic E-state index is 12.8. The summed E-state index contributed by atoms with van der Waals surface area (Å²) >= 11 is 7.80. The summed E-state index contributed by atoms with van der Waals surface area (Å²) in [4.78, 5) is 0.272. The average Bonchev–Trinajstić information content (AvgIpc) is 2.42. The van der Waals surface area contributed by atoms with Crippen LogP contribution in [0.3, 0.4) is 0 Å². The van der Waals surface area contributed by atoms with E-state index in [0.29, 0.717) is 22.4 Å². The molecular formula is C13H19ClN2O2S2. The van der Waals surface area contributed by atoms with Gasteiger partial charge in [-0.1, -0.05) is 18.5 Å². The second kappa shape index (κ2) is 6.23. The maximum atomic E-state index is 12.8. The molecule has 1 aromatic rings. The van der Waals surface area contributed by atoms with Gasteiger partial charge in [-0.15, -0.1) is 0 Å². The van der Waals surface area contributed by atoms with Gasteiger partial charge in [0.25, 0.3) is 0 Å². The van der Waals surface area contributed by atoms with E-state index in [1.807, 2.05) is 6.92 Å². The van der Waals surface area contributed by atoms with Crippen LogP contribution < -0.4 is 5.73 Å². The largest absolute Gasteiger partial charge is 0.326 e. The SMILES string of the molecule is CC1SCCN(S(=O)(=O)c2ccc(Cl)c(CN)c2)C1C. The Kier molecular flexibility index (Phi) is 5.02. The van der Waals surface area contributed by atoms with E-state index in [1.54, 1.807) is 34.3 Å². The molecule has 0 radical (unpaired) electrons. The molecular weight excluding hydrogens is 316 g/mol. The van der Waals surface area contributed by atoms with Gasteiger partial charge in [-0.3, -0.25) is 0 Å². The molecule has 0 aromatic heterocycles. The van der Waals surface area contributed by atoms with Crippen LogP contribution in [0, 0.1) is 0 Å². The summed E-state index contributed by atoms with van der Waals surface area (Å²) in [6, 6.07) is 4.71. The topological polar surface area (TPSA) is 63.4 Å². The van der Waals surface area contributed by atoms with Crippen molar-refractivity contribution in [1.82, 2.24) is 4.31 Å². The van der Waals surface area contributed by atoms with Crippen LogP contribution in [-0.2, 0) is 16.6 Å². The molecule has 2 atom stereocenters. The predicted molar refractivity (Wildman–Crippen MR) is 84.6 cm³/mol. The van der Waals surface area contributed by atoms with E-state index in [2.05, 4.69) is 6.92 Å². The zero-order valence-corrected chi connectivity index (χ0v) is 13.9. The van der Waals surface area contributed by atoms with Crippen LogP contribution >= 0.6 is 23.4 Å². The summed E-state index contributed by atoms with van der Waals surface area (Å²) < 4.78 is 27.1. The molecule has 1 saturated heterocycles. The van der Waals surface area contributed by atoms with Gasteiger partial charge in [0.1, 0.15) is 0 Å². The highest BCUT2D eigenvalue weighted by Crippen LogP contribution is 2.30. The minimum atomic E-state index is -3.49. The zero-order valence-electron chi connectivity index (χ0n) is 11.5. The van der Waals surface area contributed by atoms with Crippen LogP contribution in [-0.4, -0.2) is 36.3 Å². The van der Waals surface area contributed by atoms with Crippen LogP contribution in [0.4, 0.5) is 0 Å². The van der Waals surface area contributed by atoms with Crippen LogP contribution in [0.2, 0.25) is 5.02 Å². The summed E-state index contributed by atoms with van der Waals surface area (Å²) in [7, 11) is -3.49. The van der Waals surface area contributed by atoms with Gasteiger partial charge in [-0.2, -0.15) is 16.1 Å². The summed E-state index contributed by atoms with van der Waals surface area (Å²) in [5.74, 6) is 0.822. The third-order valence-electron chi connectivity index (χ3n) is 3.67. The van der Waals surface area contributed by atoms with Gasteiger partial charge in [0.2, 0.25) is 10.0 Å². The Morgan fingerprint density at radius 2 is 2.15 bits per heavy atom. The van der Waals surface area contributed by atoms with Gasteiger partial charge in [-0.05, 0) is 30.7 Å². The Bertz CT molecular complexity index is 592. The number of sulfonamides is 1. The second-order valence-electron chi connectivity index (χ2n) is 4.89. The lowest BCUT2D eigenvalue weighted by Gasteiger charge is -2.36. The molecule has 112 valence electrons. The first-order chi connectivity index (χ1) is 9.37. The molecule has 0 saturated carbocycles. The number of hydrogen-bond acceptors (Lipinski definition) is 4. The van der Waals surface area contributed by atoms with Gasteiger partial charge in [-0.25, -0.2) is 8.42 Å². The van der Waals surface area contributed by atoms with Crippen LogP contribution in [0.1, 0.15) is 19.4 Å². The lowest BCUT2D eigenvalue weighted by atomic mass is 10.2. The highest BCUT2D eigenvalue weighted by atomic mass is 35.5. The number of benzene rings is 1. The fourth-order valence-corrected chi connectivity index (χ4v) is 5.49. The molecule has 0 bridgehead atoms. The molecule has 1 aliphatic heterocycles. The van der Waals surface area contributed by atoms with E-state index in [4.69, 9.17) is 17.3 Å². The molecule has 1 aromatic carbocycles. The third-order valence-corrected chi connectivity index (χ3v) is 7.36. The van der Waals surface area contributed by atoms with Crippen molar-refractivity contribution in [3.8, 4) is 0 Å². The maximum Gasteiger partial charge on any atom is 0.243 e. The van der Waals surface area contributed by atoms with Gasteiger partial charge in [0, 0.05) is 35.2 Å². The Morgan fingerprint density at radius 3 is 2.80 bits per heavy atom. The van der Waals surface area contributed by atoms with Crippen LogP contribution in [0.5, 0.6) is 0 Å². The van der Waals surface area contributed by atoms with Crippen molar-refractivity contribution in [2.24, 2.45) is 5.73 Å². The van der Waals surface area contributed by atoms with Crippen molar-refractivity contribution in [3.05, 3.63) is 28.8 Å². The molecule has 4 nitrogen and oxygen atoms in total. The van der Waals surface area contributed by atoms with Crippen molar-refractivity contribution in [1.29, 1.82) is 0 Å². The van der Waals surface area contributed by atoms with Crippen molar-refractivity contribution >= 4 is 33.4 Å². The minimum absolute atomic E-state index is 0.0178. The molecule has 0 spiro atoms. The fraction of sp³-hybridized carbons (Fsp3) is 0.538. The highest BCUT2D eigenvalue weighted by molar-refractivity contribution is 8.00. The standard InChI is InChI=1S/C13H19ClN2O2S2/c1-9-10(2)19-6-5-16(9)20(17,18)12-3-4-13(14)11(7-12)8-15/h3-4,7,9-10H,5-6,8,15H2,1-2H3. The first kappa shape index (κ1) is 16.1. The monoisotopic (exact) mass is 334 g/mol. The molecule has 1 fully saturated rings. The summed E-state index contributed by atoms with van der Waals surface area (Å²) in [5.41, 5.74) is 6.25. The van der Waals surface area contributed by atoms with Crippen LogP contribution in [0.25, 0.3) is 0 Å². The average molecular weight is 335 g/mol. The van der Waals surface area contributed by atoms with E-state index < -0.39 is 10.0 Å². The molecule has 0 aliphatic carbocycles. The van der Waals surface area contributed by atoms with Gasteiger partial charge < -0.3 is 5.73 Å². The number of rotatable bonds is 3. The highest BCUT2D eigenvalue weighted by Gasteiger charge is 2.35. The molecule has 0 amide bonds. The summed E-state index contributed by atoms with van der Waals surface area (Å²) in [6.07, 6.45) is 0. The van der Waals surface area contributed by atoms with Crippen LogP contribution in [0.15, 0.2) is 23.1 Å². The van der Waals surface area contributed by atoms with Crippen molar-refractivity contribution in [2.45, 2.75) is 36.6 Å². The first-order valence-corrected chi connectivity index (χ1v) is 9.36. The van der Waals surface area contributed by atoms with Crippen molar-refractivity contribution in [2.75, 3.05) is 12.3 Å². The summed E-state index contributed by atoms with van der Waals surface area (Å²) in [6.45, 7) is 4.78. The quantitative estimate of drug-likeness (QED) is 0.921. The van der Waals surface area contributed by atoms with Gasteiger partial charge in [0.05, 0.1) is 4.90 Å². The molecule has 1 heterocycles. The zero-order chi connectivity index (χ0) is 14.9. The Morgan fingerprint density at radius 1 is 1.45 bits per heavy atom. The summed E-state index contributed by atoms with van der Waals surface area (Å²) in [5, 5.41) is 0.793. The van der Waals surface area contributed by atoms with E-state index in [1.165, 1.54) is 0 Å². The molecule has 20 heavy (non-hydrogen) atoms. The second-order valence-corrected chi connectivity index (χ2v) is 8.67. The molecule has 2 rings (SSSR count). The third kappa shape index (κ3) is 2.99. The fourth-order valence-electron chi connectivity index (χ4n) is 2.25. The van der Waals surface area contributed by atoms with E-state index >= 15 is 0 Å². The number of thioether (sulfide) groups is 1. The molecule has 2 N–H and O–H groups in total. The smallest absolute Gasteiger partial charge is 0.243 e. The number of hydrogen-bond donors (Lipinski definition) is 1. The predicted octanol–water partition coefficient (Wildman–Crippen LogP) is 2.31. The number of nitrogens with two attached hydrogens (primary N) is 1. The first-order valence-electron chi connectivity index (χ1n) is 6.50. The molecule has 7 heteroatoms. The normalized spacial score (nSPS) is 24.8. The van der Waals surface area contributed by atoms with E-state index in [9.17, 15) is 8.42 Å². The lowest BCUT2D eigenvalue weighted by molar-refractivity contribution is 0.340. The number of halogens is 1. The van der Waals surface area contributed by atoms with Gasteiger partial charge in [0.15, 0.2) is 0 Å². The van der Waals surface area contributed by atoms with E-state index in [0.717, 1.165) is 5.75 Å². The van der Waals surface area contributed by atoms with Gasteiger partial charge >= 0.3 is 0 Å². The Hall–Kier alpha value is -0.270. The lowest BCUT2D eigenvalue weighted by Crippen LogP contribution is -2.47. The minimum Gasteiger partial charge on any atom is -0.326 e. The Labute approximate surface area is 129 Å². The Balaban J connectivity index is 2.39. The molecule has 2 unspecified atom stereocenters. The number of nitrogens with zero attached hydrogens (tertiary/aromatic N) is 1. The van der Waals surface area contributed by atoms with Crippen molar-refractivity contribution in [3.63, 3.8) is 0 Å².